The Bertz CT molecular complexity index is 1270. The van der Waals surface area contributed by atoms with Crippen LogP contribution in [0.1, 0.15) is 42.9 Å². The normalized spacial score (nSPS) is 29.4. The second kappa shape index (κ2) is 9.18. The molecule has 1 spiro atoms. The Morgan fingerprint density at radius 1 is 1.22 bits per heavy atom. The highest BCUT2D eigenvalue weighted by molar-refractivity contribution is 5.92. The number of likely N-dealkylation sites (tertiary alicyclic amines) is 1. The number of likely N-dealkylation sites (N-methyl/N-ethyl adjacent to an activating group) is 1. The molecule has 1 saturated heterocycles. The number of hydrogen-bond acceptors (Lipinski definition) is 5. The number of carbonyl (C=O) groups is 2. The second-order valence-electron chi connectivity index (χ2n) is 10.8. The highest BCUT2D eigenvalue weighted by atomic mass is 16.5. The van der Waals surface area contributed by atoms with E-state index in [0.29, 0.717) is 17.7 Å². The van der Waals surface area contributed by atoms with Gasteiger partial charge in [-0.1, -0.05) is 36.4 Å². The number of hydrogen-bond donors (Lipinski definition) is 0. The van der Waals surface area contributed by atoms with E-state index < -0.39 is 0 Å². The minimum Gasteiger partial charge on any atom is -0.487 e. The molecule has 2 bridgehead atoms. The lowest BCUT2D eigenvalue weighted by Gasteiger charge is -2.60. The number of ether oxygens (including phenoxy) is 2. The molecule has 1 amide bonds. The van der Waals surface area contributed by atoms with Crippen LogP contribution in [-0.4, -0.2) is 60.0 Å². The number of rotatable bonds is 6. The van der Waals surface area contributed by atoms with Crippen LogP contribution in [0.25, 0.3) is 6.08 Å². The SMILES string of the molecule is C=CCN1CC[C@@]23c4c5ccc(OC(C)=O)c4C[C@@H]1[C@@H]2CC[C@H](N(C)C(=O)C=Cc1ccccc1)[C@@H]3O5. The highest BCUT2D eigenvalue weighted by Gasteiger charge is 2.66. The van der Waals surface area contributed by atoms with E-state index in [1.807, 2.05) is 66.6 Å². The van der Waals surface area contributed by atoms with Crippen molar-refractivity contribution in [1.82, 2.24) is 9.80 Å². The molecule has 2 aromatic carbocycles. The van der Waals surface area contributed by atoms with E-state index >= 15 is 0 Å². The third-order valence-corrected chi connectivity index (χ3v) is 9.08. The third-order valence-electron chi connectivity index (χ3n) is 9.08. The van der Waals surface area contributed by atoms with Crippen LogP contribution in [0, 0.1) is 5.92 Å². The molecule has 37 heavy (non-hydrogen) atoms. The van der Waals surface area contributed by atoms with Gasteiger partial charge in [-0.05, 0) is 61.9 Å². The maximum absolute atomic E-state index is 13.3. The average Bonchev–Trinajstić information content (AvgIpc) is 3.23. The topological polar surface area (TPSA) is 59.1 Å². The molecule has 0 unspecified atom stereocenters. The van der Waals surface area contributed by atoms with Crippen molar-refractivity contribution < 1.29 is 19.1 Å². The Kier molecular flexibility index (Phi) is 5.95. The Hall–Kier alpha value is -3.38. The minimum absolute atomic E-state index is 0.0134. The first kappa shape index (κ1) is 24.0. The molecule has 1 saturated carbocycles. The van der Waals surface area contributed by atoms with Gasteiger partial charge in [0.05, 0.1) is 6.04 Å². The second-order valence-corrected chi connectivity index (χ2v) is 10.8. The van der Waals surface area contributed by atoms with Crippen LogP contribution in [-0.2, 0) is 21.4 Å². The molecule has 0 radical (unpaired) electrons. The number of nitrogens with zero attached hydrogens (tertiary/aromatic N) is 2. The smallest absolute Gasteiger partial charge is 0.308 e. The molecular formula is C31H34N2O4. The van der Waals surface area contributed by atoms with E-state index in [4.69, 9.17) is 9.47 Å². The van der Waals surface area contributed by atoms with Gasteiger partial charge in [0.25, 0.3) is 0 Å². The van der Waals surface area contributed by atoms with Crippen molar-refractivity contribution in [3.63, 3.8) is 0 Å². The molecule has 5 atom stereocenters. The molecule has 6 nitrogen and oxygen atoms in total. The summed E-state index contributed by atoms with van der Waals surface area (Å²) in [6.45, 7) is 7.25. The van der Waals surface area contributed by atoms with Crippen molar-refractivity contribution >= 4 is 18.0 Å². The number of amides is 1. The summed E-state index contributed by atoms with van der Waals surface area (Å²) in [7, 11) is 1.91. The quantitative estimate of drug-likeness (QED) is 0.256. The molecule has 4 aliphatic rings. The first-order valence-electron chi connectivity index (χ1n) is 13.3. The predicted molar refractivity (Wildman–Crippen MR) is 142 cm³/mol. The molecule has 2 aliphatic carbocycles. The maximum atomic E-state index is 13.3. The lowest BCUT2D eigenvalue weighted by Crippen LogP contribution is -2.68. The standard InChI is InChI=1S/C31H34N2O4/c1-4-17-33-18-16-31-23-11-12-24(32(3)28(35)15-10-21-8-6-5-7-9-21)30(31)37-27-14-13-26(36-20(2)34)22(29(27)31)19-25(23)33/h4-10,13-15,23-25,30H,1,11-12,16-19H2,2-3H3/t23-,24-,25+,30-,31-/m0/s1. The summed E-state index contributed by atoms with van der Waals surface area (Å²) < 4.78 is 12.5. The van der Waals surface area contributed by atoms with E-state index in [9.17, 15) is 9.59 Å². The van der Waals surface area contributed by atoms with Crippen LogP contribution in [0.3, 0.4) is 0 Å². The van der Waals surface area contributed by atoms with Crippen LogP contribution in [0.2, 0.25) is 0 Å². The molecule has 0 N–H and O–H groups in total. The molecular weight excluding hydrogens is 464 g/mol. The van der Waals surface area contributed by atoms with Gasteiger partial charge in [-0.25, -0.2) is 0 Å². The summed E-state index contributed by atoms with van der Waals surface area (Å²) in [5.74, 6) is 1.64. The molecule has 0 aromatic heterocycles. The third kappa shape index (κ3) is 3.72. The fraction of sp³-hybridized carbons (Fsp3) is 0.419. The summed E-state index contributed by atoms with van der Waals surface area (Å²) in [4.78, 5) is 29.7. The fourth-order valence-corrected chi connectivity index (χ4v) is 7.65. The molecule has 2 aromatic rings. The number of carbonyl (C=O) groups excluding carboxylic acids is 2. The zero-order valence-corrected chi connectivity index (χ0v) is 21.6. The lowest BCUT2D eigenvalue weighted by molar-refractivity contribution is -0.135. The van der Waals surface area contributed by atoms with Gasteiger partial charge < -0.3 is 14.4 Å². The van der Waals surface area contributed by atoms with Crippen molar-refractivity contribution in [2.45, 2.75) is 56.2 Å². The Labute approximate surface area is 218 Å². The average molecular weight is 499 g/mol. The van der Waals surface area contributed by atoms with E-state index in [2.05, 4.69) is 11.5 Å². The lowest BCUT2D eigenvalue weighted by atomic mass is 9.51. The maximum Gasteiger partial charge on any atom is 0.308 e. The zero-order chi connectivity index (χ0) is 25.7. The van der Waals surface area contributed by atoms with Crippen molar-refractivity contribution in [1.29, 1.82) is 0 Å². The number of piperidine rings is 1. The van der Waals surface area contributed by atoms with Crippen LogP contribution in [0.5, 0.6) is 11.5 Å². The molecule has 2 fully saturated rings. The highest BCUT2D eigenvalue weighted by Crippen LogP contribution is 2.63. The first-order valence-corrected chi connectivity index (χ1v) is 13.3. The van der Waals surface area contributed by atoms with Crippen LogP contribution >= 0.6 is 0 Å². The Morgan fingerprint density at radius 2 is 2.03 bits per heavy atom. The van der Waals surface area contributed by atoms with Gasteiger partial charge in [0.1, 0.15) is 17.6 Å². The van der Waals surface area contributed by atoms with Gasteiger partial charge in [-0.15, -0.1) is 6.58 Å². The molecule has 2 aliphatic heterocycles. The van der Waals surface area contributed by atoms with Gasteiger partial charge in [0.15, 0.2) is 0 Å². The number of benzene rings is 2. The van der Waals surface area contributed by atoms with E-state index in [1.54, 1.807) is 6.08 Å². The van der Waals surface area contributed by atoms with Gasteiger partial charge in [0, 0.05) is 49.2 Å². The fourth-order valence-electron chi connectivity index (χ4n) is 7.65. The Morgan fingerprint density at radius 3 is 2.78 bits per heavy atom. The summed E-state index contributed by atoms with van der Waals surface area (Å²) in [6.07, 6.45) is 9.12. The summed E-state index contributed by atoms with van der Waals surface area (Å²) in [5.41, 5.74) is 3.13. The minimum atomic E-state index is -0.309. The Balaban J connectivity index is 1.38. The van der Waals surface area contributed by atoms with Crippen molar-refractivity contribution in [2.75, 3.05) is 20.1 Å². The van der Waals surface area contributed by atoms with E-state index in [1.165, 1.54) is 12.5 Å². The predicted octanol–water partition coefficient (Wildman–Crippen LogP) is 4.38. The van der Waals surface area contributed by atoms with Crippen LogP contribution in [0.4, 0.5) is 0 Å². The zero-order valence-electron chi connectivity index (χ0n) is 21.6. The van der Waals surface area contributed by atoms with Crippen LogP contribution < -0.4 is 9.47 Å². The number of esters is 1. The van der Waals surface area contributed by atoms with E-state index in [0.717, 1.165) is 55.6 Å². The largest absolute Gasteiger partial charge is 0.487 e. The van der Waals surface area contributed by atoms with E-state index in [-0.39, 0.29) is 29.4 Å². The summed E-state index contributed by atoms with van der Waals surface area (Å²) in [6, 6.07) is 14.0. The van der Waals surface area contributed by atoms with Crippen molar-refractivity contribution in [2.24, 2.45) is 5.92 Å². The monoisotopic (exact) mass is 498 g/mol. The van der Waals surface area contributed by atoms with Crippen LogP contribution in [0.15, 0.2) is 61.2 Å². The van der Waals surface area contributed by atoms with Gasteiger partial charge in [-0.2, -0.15) is 0 Å². The summed E-state index contributed by atoms with van der Waals surface area (Å²) in [5, 5.41) is 0. The van der Waals surface area contributed by atoms with Gasteiger partial charge in [-0.3, -0.25) is 14.5 Å². The molecule has 6 heteroatoms. The molecule has 6 rings (SSSR count). The summed E-state index contributed by atoms with van der Waals surface area (Å²) >= 11 is 0. The van der Waals surface area contributed by atoms with Gasteiger partial charge in [0.2, 0.25) is 5.91 Å². The van der Waals surface area contributed by atoms with Gasteiger partial charge >= 0.3 is 5.97 Å². The van der Waals surface area contributed by atoms with Crippen molar-refractivity contribution in [3.8, 4) is 11.5 Å². The van der Waals surface area contributed by atoms with Crippen molar-refractivity contribution in [3.05, 3.63) is 77.9 Å². The molecule has 192 valence electrons. The first-order chi connectivity index (χ1) is 17.9. The molecule has 2 heterocycles.